The lowest BCUT2D eigenvalue weighted by Gasteiger charge is -2.22. The lowest BCUT2D eigenvalue weighted by Crippen LogP contribution is -2.46. The molecular weight excluding hydrogens is 222 g/mol. The van der Waals surface area contributed by atoms with Crippen LogP contribution in [0, 0.1) is 5.41 Å². The summed E-state index contributed by atoms with van der Waals surface area (Å²) in [4.78, 5) is 24.9. The Morgan fingerprint density at radius 3 is 2.82 bits per heavy atom. The predicted molar refractivity (Wildman–Crippen MR) is 61.2 cm³/mol. The van der Waals surface area contributed by atoms with Crippen molar-refractivity contribution in [3.63, 3.8) is 0 Å². The van der Waals surface area contributed by atoms with Crippen LogP contribution >= 0.6 is 0 Å². The standard InChI is InChI=1S/C11H19N3O3/c1-11(9(12)15)3-4-14(7-11)10(16)13-8-2-5-17-6-8/h8H,2-7H2,1H3,(H2,12,15)(H,13,16). The van der Waals surface area contributed by atoms with E-state index in [1.807, 2.05) is 0 Å². The van der Waals surface area contributed by atoms with Crippen LogP contribution in [0.2, 0.25) is 0 Å². The second-order valence-electron chi connectivity index (χ2n) is 5.11. The number of nitrogens with two attached hydrogens (primary N) is 1. The maximum Gasteiger partial charge on any atom is 0.317 e. The second kappa shape index (κ2) is 4.52. The molecule has 0 aromatic heterocycles. The number of nitrogens with one attached hydrogen (secondary N) is 1. The first-order valence-electron chi connectivity index (χ1n) is 5.94. The smallest absolute Gasteiger partial charge is 0.317 e. The molecule has 2 saturated heterocycles. The number of nitrogens with zero attached hydrogens (tertiary/aromatic N) is 1. The minimum atomic E-state index is -0.580. The molecule has 2 atom stereocenters. The van der Waals surface area contributed by atoms with Crippen LogP contribution < -0.4 is 11.1 Å². The van der Waals surface area contributed by atoms with Crippen LogP contribution in [0.1, 0.15) is 19.8 Å². The molecule has 0 aromatic carbocycles. The van der Waals surface area contributed by atoms with Crippen molar-refractivity contribution in [1.29, 1.82) is 0 Å². The van der Waals surface area contributed by atoms with Crippen molar-refractivity contribution >= 4 is 11.9 Å². The number of urea groups is 1. The van der Waals surface area contributed by atoms with Gasteiger partial charge in [0.15, 0.2) is 0 Å². The van der Waals surface area contributed by atoms with E-state index in [4.69, 9.17) is 10.5 Å². The van der Waals surface area contributed by atoms with Crippen molar-refractivity contribution in [2.24, 2.45) is 11.1 Å². The maximum absolute atomic E-state index is 11.9. The molecule has 2 rings (SSSR count). The lowest BCUT2D eigenvalue weighted by atomic mass is 9.89. The number of hydrogen-bond acceptors (Lipinski definition) is 3. The Hall–Kier alpha value is -1.30. The summed E-state index contributed by atoms with van der Waals surface area (Å²) in [5.74, 6) is -0.336. The predicted octanol–water partition coefficient (Wildman–Crippen LogP) is -0.318. The Bertz CT molecular complexity index is 328. The van der Waals surface area contributed by atoms with Gasteiger partial charge in [-0.2, -0.15) is 0 Å². The average Bonchev–Trinajstić information content (AvgIpc) is 2.88. The molecule has 2 unspecified atom stereocenters. The van der Waals surface area contributed by atoms with E-state index in [0.29, 0.717) is 32.7 Å². The van der Waals surface area contributed by atoms with Crippen molar-refractivity contribution in [3.8, 4) is 0 Å². The van der Waals surface area contributed by atoms with E-state index in [1.165, 1.54) is 0 Å². The van der Waals surface area contributed by atoms with Crippen LogP contribution in [-0.4, -0.2) is 49.2 Å². The maximum atomic E-state index is 11.9. The van der Waals surface area contributed by atoms with Gasteiger partial charge in [-0.3, -0.25) is 4.79 Å². The quantitative estimate of drug-likeness (QED) is 0.695. The molecule has 6 nitrogen and oxygen atoms in total. The average molecular weight is 241 g/mol. The van der Waals surface area contributed by atoms with E-state index in [1.54, 1.807) is 11.8 Å². The fourth-order valence-corrected chi connectivity index (χ4v) is 2.25. The third-order valence-corrected chi connectivity index (χ3v) is 3.61. The SMILES string of the molecule is CC1(C(N)=O)CCN(C(=O)NC2CCOC2)C1. The lowest BCUT2D eigenvalue weighted by molar-refractivity contribution is -0.126. The van der Waals surface area contributed by atoms with Gasteiger partial charge in [0.25, 0.3) is 0 Å². The highest BCUT2D eigenvalue weighted by atomic mass is 16.5. The molecule has 0 spiro atoms. The third kappa shape index (κ3) is 2.52. The highest BCUT2D eigenvalue weighted by Gasteiger charge is 2.41. The minimum absolute atomic E-state index is 0.0999. The summed E-state index contributed by atoms with van der Waals surface area (Å²) < 4.78 is 5.19. The summed E-state index contributed by atoms with van der Waals surface area (Å²) >= 11 is 0. The van der Waals surface area contributed by atoms with Crippen LogP contribution in [-0.2, 0) is 9.53 Å². The summed E-state index contributed by atoms with van der Waals surface area (Å²) in [5, 5.41) is 2.91. The molecule has 6 heteroatoms. The highest BCUT2D eigenvalue weighted by molar-refractivity contribution is 5.83. The van der Waals surface area contributed by atoms with E-state index in [-0.39, 0.29) is 18.0 Å². The largest absolute Gasteiger partial charge is 0.379 e. The molecule has 2 heterocycles. The zero-order valence-corrected chi connectivity index (χ0v) is 10.1. The topological polar surface area (TPSA) is 84.7 Å². The summed E-state index contributed by atoms with van der Waals surface area (Å²) in [7, 11) is 0. The Morgan fingerprint density at radius 1 is 1.53 bits per heavy atom. The summed E-state index contributed by atoms with van der Waals surface area (Å²) in [6.45, 7) is 4.07. The van der Waals surface area contributed by atoms with Crippen molar-refractivity contribution in [3.05, 3.63) is 0 Å². The molecule has 2 fully saturated rings. The molecule has 0 aliphatic carbocycles. The van der Waals surface area contributed by atoms with Crippen molar-refractivity contribution in [2.45, 2.75) is 25.8 Å². The first-order valence-corrected chi connectivity index (χ1v) is 5.94. The molecular formula is C11H19N3O3. The first-order chi connectivity index (χ1) is 8.01. The molecule has 0 bridgehead atoms. The van der Waals surface area contributed by atoms with Gasteiger partial charge < -0.3 is 20.7 Å². The van der Waals surface area contributed by atoms with Gasteiger partial charge in [0.2, 0.25) is 5.91 Å². The van der Waals surface area contributed by atoms with Crippen LogP contribution in [0.15, 0.2) is 0 Å². The molecule has 3 amide bonds. The molecule has 2 aliphatic heterocycles. The van der Waals surface area contributed by atoms with Crippen molar-refractivity contribution in [1.82, 2.24) is 10.2 Å². The zero-order chi connectivity index (χ0) is 12.5. The molecule has 2 aliphatic rings. The second-order valence-corrected chi connectivity index (χ2v) is 5.11. The Kier molecular flexibility index (Phi) is 3.24. The van der Waals surface area contributed by atoms with Gasteiger partial charge in [0.1, 0.15) is 0 Å². The number of rotatable bonds is 2. The first kappa shape index (κ1) is 12.2. The van der Waals surface area contributed by atoms with Crippen LogP contribution in [0.3, 0.4) is 0 Å². The number of hydrogen-bond donors (Lipinski definition) is 2. The number of ether oxygens (including phenoxy) is 1. The van der Waals surface area contributed by atoms with Gasteiger partial charge in [-0.05, 0) is 19.8 Å². The van der Waals surface area contributed by atoms with E-state index >= 15 is 0 Å². The van der Waals surface area contributed by atoms with Gasteiger partial charge in [0, 0.05) is 19.7 Å². The number of carbonyl (C=O) groups excluding carboxylic acids is 2. The highest BCUT2D eigenvalue weighted by Crippen LogP contribution is 2.29. The Balaban J connectivity index is 1.87. The van der Waals surface area contributed by atoms with Crippen LogP contribution in [0.25, 0.3) is 0 Å². The van der Waals surface area contributed by atoms with Gasteiger partial charge in [-0.15, -0.1) is 0 Å². The van der Waals surface area contributed by atoms with Gasteiger partial charge >= 0.3 is 6.03 Å². The molecule has 0 aromatic rings. The number of likely N-dealkylation sites (tertiary alicyclic amines) is 1. The third-order valence-electron chi connectivity index (χ3n) is 3.61. The zero-order valence-electron chi connectivity index (χ0n) is 10.1. The normalized spacial score (nSPS) is 32.8. The number of carbonyl (C=O) groups is 2. The van der Waals surface area contributed by atoms with Crippen LogP contribution in [0.4, 0.5) is 4.79 Å². The number of amides is 3. The number of primary amides is 1. The van der Waals surface area contributed by atoms with E-state index in [9.17, 15) is 9.59 Å². The van der Waals surface area contributed by atoms with Gasteiger partial charge in [-0.25, -0.2) is 4.79 Å². The summed E-state index contributed by atoms with van der Waals surface area (Å²) in [6, 6.07) is -0.0200. The fourth-order valence-electron chi connectivity index (χ4n) is 2.25. The van der Waals surface area contributed by atoms with Crippen molar-refractivity contribution < 1.29 is 14.3 Å². The van der Waals surface area contributed by atoms with E-state index in [2.05, 4.69) is 5.32 Å². The Morgan fingerprint density at radius 2 is 2.29 bits per heavy atom. The van der Waals surface area contributed by atoms with Gasteiger partial charge in [0.05, 0.1) is 18.1 Å². The molecule has 17 heavy (non-hydrogen) atoms. The summed E-state index contributed by atoms with van der Waals surface area (Å²) in [5.41, 5.74) is 4.76. The monoisotopic (exact) mass is 241 g/mol. The Labute approximate surface area is 100 Å². The molecule has 0 saturated carbocycles. The minimum Gasteiger partial charge on any atom is -0.379 e. The fraction of sp³-hybridized carbons (Fsp3) is 0.818. The van der Waals surface area contributed by atoms with Crippen LogP contribution in [0.5, 0.6) is 0 Å². The summed E-state index contributed by atoms with van der Waals surface area (Å²) in [6.07, 6.45) is 1.49. The molecule has 0 radical (unpaired) electrons. The van der Waals surface area contributed by atoms with Crippen molar-refractivity contribution in [2.75, 3.05) is 26.3 Å². The van der Waals surface area contributed by atoms with E-state index in [0.717, 1.165) is 6.42 Å². The molecule has 96 valence electrons. The van der Waals surface area contributed by atoms with E-state index < -0.39 is 5.41 Å². The molecule has 3 N–H and O–H groups in total. The van der Waals surface area contributed by atoms with Gasteiger partial charge in [-0.1, -0.05) is 0 Å².